The minimum Gasteiger partial charge on any atom is -0.359 e. The van der Waals surface area contributed by atoms with Crippen LogP contribution in [0.15, 0.2) is 35.0 Å². The number of fused-ring (bicyclic) bond motifs is 1. The Morgan fingerprint density at radius 2 is 2.21 bits per heavy atom. The maximum Gasteiger partial charge on any atom is 0.276 e. The number of carbonyl (C=O) groups excluding carboxylic acids is 1. The molecule has 0 saturated heterocycles. The number of anilines is 1. The second-order valence-electron chi connectivity index (χ2n) is 4.25. The Kier molecular flexibility index (Phi) is 2.56. The summed E-state index contributed by atoms with van der Waals surface area (Å²) in [7, 11) is 0. The molecular formula is C13H12N4O2. The first-order valence-electron chi connectivity index (χ1n) is 5.84. The molecule has 0 bridgehead atoms. The van der Waals surface area contributed by atoms with Crippen molar-refractivity contribution in [3.8, 4) is 0 Å². The van der Waals surface area contributed by atoms with Crippen molar-refractivity contribution < 1.29 is 9.32 Å². The van der Waals surface area contributed by atoms with E-state index in [0.29, 0.717) is 22.8 Å². The highest BCUT2D eigenvalue weighted by Gasteiger charge is 2.16. The summed E-state index contributed by atoms with van der Waals surface area (Å²) in [4.78, 5) is 12.1. The van der Waals surface area contributed by atoms with Crippen molar-refractivity contribution in [1.29, 1.82) is 0 Å². The quantitative estimate of drug-likeness (QED) is 0.762. The van der Waals surface area contributed by atoms with Gasteiger partial charge in [-0.1, -0.05) is 11.2 Å². The zero-order chi connectivity index (χ0) is 13.4. The highest BCUT2D eigenvalue weighted by molar-refractivity contribution is 6.04. The molecule has 1 amide bonds. The van der Waals surface area contributed by atoms with E-state index in [1.807, 2.05) is 18.2 Å². The van der Waals surface area contributed by atoms with E-state index in [9.17, 15) is 4.79 Å². The fourth-order valence-corrected chi connectivity index (χ4v) is 1.89. The number of aromatic nitrogens is 3. The van der Waals surface area contributed by atoms with Crippen LogP contribution in [0.3, 0.4) is 0 Å². The van der Waals surface area contributed by atoms with Gasteiger partial charge in [0, 0.05) is 6.20 Å². The van der Waals surface area contributed by atoms with E-state index >= 15 is 0 Å². The second-order valence-corrected chi connectivity index (χ2v) is 4.25. The van der Waals surface area contributed by atoms with Crippen LogP contribution in [0.25, 0.3) is 5.52 Å². The number of carbonyl (C=O) groups is 1. The van der Waals surface area contributed by atoms with Gasteiger partial charge in [0.15, 0.2) is 11.5 Å². The summed E-state index contributed by atoms with van der Waals surface area (Å²) in [6.07, 6.45) is 1.79. The van der Waals surface area contributed by atoms with Crippen LogP contribution in [0.1, 0.15) is 21.9 Å². The summed E-state index contributed by atoms with van der Waals surface area (Å²) in [6, 6.07) is 7.37. The van der Waals surface area contributed by atoms with Gasteiger partial charge < -0.3 is 9.84 Å². The van der Waals surface area contributed by atoms with Gasteiger partial charge in [0.1, 0.15) is 11.4 Å². The normalized spacial score (nSPS) is 10.8. The van der Waals surface area contributed by atoms with Gasteiger partial charge in [0.2, 0.25) is 0 Å². The Balaban J connectivity index is 1.92. The molecule has 0 aromatic carbocycles. The number of amides is 1. The third kappa shape index (κ3) is 1.97. The lowest BCUT2D eigenvalue weighted by Crippen LogP contribution is -2.13. The van der Waals surface area contributed by atoms with Gasteiger partial charge in [-0.25, -0.2) is 4.52 Å². The molecule has 6 nitrogen and oxygen atoms in total. The van der Waals surface area contributed by atoms with E-state index in [1.165, 1.54) is 0 Å². The zero-order valence-electron chi connectivity index (χ0n) is 10.5. The predicted octanol–water partition coefficient (Wildman–Crippen LogP) is 2.19. The number of aryl methyl sites for hydroxylation is 2. The van der Waals surface area contributed by atoms with Gasteiger partial charge >= 0.3 is 0 Å². The van der Waals surface area contributed by atoms with Gasteiger partial charge in [0.25, 0.3) is 5.91 Å². The summed E-state index contributed by atoms with van der Waals surface area (Å²) in [6.45, 7) is 3.52. The molecule has 3 rings (SSSR count). The van der Waals surface area contributed by atoms with Crippen LogP contribution < -0.4 is 5.32 Å². The number of rotatable bonds is 2. The van der Waals surface area contributed by atoms with E-state index in [0.717, 1.165) is 5.52 Å². The molecule has 3 heterocycles. The molecule has 0 aliphatic carbocycles. The van der Waals surface area contributed by atoms with Crippen molar-refractivity contribution in [3.63, 3.8) is 0 Å². The summed E-state index contributed by atoms with van der Waals surface area (Å²) in [5, 5.41) is 10.8. The minimum absolute atomic E-state index is 0.280. The lowest BCUT2D eigenvalue weighted by atomic mass is 10.3. The van der Waals surface area contributed by atoms with Crippen molar-refractivity contribution in [1.82, 2.24) is 14.8 Å². The Hall–Kier alpha value is -2.63. The maximum atomic E-state index is 12.1. The fraction of sp³-hybridized carbons (Fsp3) is 0.154. The molecule has 96 valence electrons. The standard InChI is InChI=1S/C13H12N4O2/c1-8-12(9(2)19-16-8)14-13(18)11-7-10-5-3-4-6-17(10)15-11/h3-7H,1-2H3,(H,14,18). The van der Waals surface area contributed by atoms with Crippen molar-refractivity contribution in [2.24, 2.45) is 0 Å². The molecule has 0 atom stereocenters. The molecule has 0 spiro atoms. The third-order valence-electron chi connectivity index (χ3n) is 2.87. The Morgan fingerprint density at radius 1 is 1.37 bits per heavy atom. The van der Waals surface area contributed by atoms with E-state index < -0.39 is 0 Å². The Morgan fingerprint density at radius 3 is 2.89 bits per heavy atom. The first-order chi connectivity index (χ1) is 9.15. The van der Waals surface area contributed by atoms with Gasteiger partial charge in [-0.2, -0.15) is 5.10 Å². The lowest BCUT2D eigenvalue weighted by Gasteiger charge is -2.00. The Bertz CT molecular complexity index is 704. The molecule has 6 heteroatoms. The van der Waals surface area contributed by atoms with Crippen molar-refractivity contribution in [2.75, 3.05) is 5.32 Å². The van der Waals surface area contributed by atoms with Gasteiger partial charge in [-0.15, -0.1) is 0 Å². The summed E-state index contributed by atoms with van der Waals surface area (Å²) >= 11 is 0. The second kappa shape index (κ2) is 4.24. The average Bonchev–Trinajstić information content (AvgIpc) is 2.97. The van der Waals surface area contributed by atoms with Crippen molar-refractivity contribution in [3.05, 3.63) is 47.6 Å². The van der Waals surface area contributed by atoms with E-state index in [2.05, 4.69) is 15.6 Å². The molecule has 0 radical (unpaired) electrons. The number of hydrogen-bond acceptors (Lipinski definition) is 4. The molecule has 0 aliphatic rings. The topological polar surface area (TPSA) is 72.4 Å². The van der Waals surface area contributed by atoms with E-state index in [4.69, 9.17) is 4.52 Å². The number of hydrogen-bond donors (Lipinski definition) is 1. The number of nitrogens with zero attached hydrogens (tertiary/aromatic N) is 3. The molecule has 3 aromatic heterocycles. The van der Waals surface area contributed by atoms with Crippen LogP contribution in [0, 0.1) is 13.8 Å². The van der Waals surface area contributed by atoms with Gasteiger partial charge in [-0.3, -0.25) is 4.79 Å². The molecule has 19 heavy (non-hydrogen) atoms. The first-order valence-corrected chi connectivity index (χ1v) is 5.84. The van der Waals surface area contributed by atoms with E-state index in [-0.39, 0.29) is 5.91 Å². The van der Waals surface area contributed by atoms with Crippen molar-refractivity contribution >= 4 is 17.1 Å². The highest BCUT2D eigenvalue weighted by atomic mass is 16.5. The molecule has 0 saturated carbocycles. The number of pyridine rings is 1. The van der Waals surface area contributed by atoms with Crippen LogP contribution in [0.5, 0.6) is 0 Å². The molecule has 0 fully saturated rings. The largest absolute Gasteiger partial charge is 0.359 e. The lowest BCUT2D eigenvalue weighted by molar-refractivity contribution is 0.102. The molecular weight excluding hydrogens is 244 g/mol. The molecule has 0 aliphatic heterocycles. The van der Waals surface area contributed by atoms with Gasteiger partial charge in [0.05, 0.1) is 5.52 Å². The van der Waals surface area contributed by atoms with E-state index in [1.54, 1.807) is 30.6 Å². The number of nitrogens with one attached hydrogen (secondary N) is 1. The first kappa shape index (κ1) is 11.5. The van der Waals surface area contributed by atoms with Gasteiger partial charge in [-0.05, 0) is 32.0 Å². The molecule has 1 N–H and O–H groups in total. The van der Waals surface area contributed by atoms with Crippen molar-refractivity contribution in [2.45, 2.75) is 13.8 Å². The minimum atomic E-state index is -0.280. The monoisotopic (exact) mass is 256 g/mol. The average molecular weight is 256 g/mol. The molecule has 3 aromatic rings. The van der Waals surface area contributed by atoms with Crippen LogP contribution >= 0.6 is 0 Å². The smallest absolute Gasteiger partial charge is 0.276 e. The predicted molar refractivity (Wildman–Crippen MR) is 69.1 cm³/mol. The fourth-order valence-electron chi connectivity index (χ4n) is 1.89. The summed E-state index contributed by atoms with van der Waals surface area (Å²) in [5.74, 6) is 0.299. The SMILES string of the molecule is Cc1noc(C)c1NC(=O)c1cc2ccccn2n1. The molecule has 0 unspecified atom stereocenters. The van der Waals surface area contributed by atoms with Crippen LogP contribution in [0.4, 0.5) is 5.69 Å². The Labute approximate surface area is 109 Å². The zero-order valence-corrected chi connectivity index (χ0v) is 10.5. The van der Waals surface area contributed by atoms with Crippen LogP contribution in [0.2, 0.25) is 0 Å². The maximum absolute atomic E-state index is 12.1. The summed E-state index contributed by atoms with van der Waals surface area (Å²) in [5.41, 5.74) is 2.47. The third-order valence-corrected chi connectivity index (χ3v) is 2.87. The van der Waals surface area contributed by atoms with Crippen LogP contribution in [-0.4, -0.2) is 20.7 Å². The summed E-state index contributed by atoms with van der Waals surface area (Å²) < 4.78 is 6.66. The van der Waals surface area contributed by atoms with Crippen LogP contribution in [-0.2, 0) is 0 Å². The highest BCUT2D eigenvalue weighted by Crippen LogP contribution is 2.19.